The number of aliphatic hydroxyl groups excluding tert-OH is 1. The normalized spacial score (nSPS) is 12.3. The Bertz CT molecular complexity index is 645. The summed E-state index contributed by atoms with van der Waals surface area (Å²) in [5, 5.41) is 10.5. The third-order valence-corrected chi connectivity index (χ3v) is 4.75. The van der Waals surface area contributed by atoms with E-state index in [0.717, 1.165) is 10.0 Å². The molecule has 2 aromatic carbocycles. The molecule has 0 aromatic heterocycles. The van der Waals surface area contributed by atoms with Crippen LogP contribution in [0.1, 0.15) is 18.6 Å². The maximum atomic E-state index is 9.53. The summed E-state index contributed by atoms with van der Waals surface area (Å²) in [5.41, 5.74) is 0.796. The van der Waals surface area contributed by atoms with Gasteiger partial charge in [-0.05, 0) is 62.5 Å². The lowest BCUT2D eigenvalue weighted by Crippen LogP contribution is -1.93. The zero-order valence-electron chi connectivity index (χ0n) is 10.3. The predicted molar refractivity (Wildman–Crippen MR) is 89.0 cm³/mol. The molecule has 0 saturated carbocycles. The minimum Gasteiger partial charge on any atom is -0.455 e. The molecule has 0 bridgehead atoms. The van der Waals surface area contributed by atoms with Crippen LogP contribution in [-0.2, 0) is 0 Å². The first-order valence-corrected chi connectivity index (χ1v) is 8.02. The summed E-state index contributed by atoms with van der Waals surface area (Å²) in [7, 11) is 0. The van der Waals surface area contributed by atoms with E-state index < -0.39 is 6.10 Å². The molecule has 0 aliphatic heterocycles. The Hall–Kier alpha value is -0.260. The molecule has 2 nitrogen and oxygen atoms in total. The Morgan fingerprint density at radius 3 is 2.30 bits per heavy atom. The molecule has 0 radical (unpaired) electrons. The van der Waals surface area contributed by atoms with E-state index in [2.05, 4.69) is 31.9 Å². The van der Waals surface area contributed by atoms with Gasteiger partial charge >= 0.3 is 0 Å². The van der Waals surface area contributed by atoms with Gasteiger partial charge in [-0.1, -0.05) is 29.3 Å². The lowest BCUT2D eigenvalue weighted by Gasteiger charge is -2.12. The number of hydrogen-bond donors (Lipinski definition) is 1. The zero-order valence-corrected chi connectivity index (χ0v) is 15.0. The quantitative estimate of drug-likeness (QED) is 0.562. The molecule has 0 aliphatic rings. The summed E-state index contributed by atoms with van der Waals surface area (Å²) in [4.78, 5) is 0. The van der Waals surface area contributed by atoms with Gasteiger partial charge in [0.1, 0.15) is 11.5 Å². The first-order valence-electron chi connectivity index (χ1n) is 5.68. The highest BCUT2D eigenvalue weighted by Crippen LogP contribution is 2.39. The number of ether oxygens (including phenoxy) is 1. The van der Waals surface area contributed by atoms with Gasteiger partial charge in [-0.25, -0.2) is 0 Å². The van der Waals surface area contributed by atoms with Crippen LogP contribution >= 0.6 is 55.1 Å². The van der Waals surface area contributed by atoms with E-state index in [0.29, 0.717) is 26.0 Å². The van der Waals surface area contributed by atoms with Gasteiger partial charge in [0.15, 0.2) is 0 Å². The van der Waals surface area contributed by atoms with Crippen molar-refractivity contribution in [1.29, 1.82) is 0 Å². The van der Waals surface area contributed by atoms with E-state index in [1.54, 1.807) is 37.3 Å². The van der Waals surface area contributed by atoms with Crippen molar-refractivity contribution in [2.24, 2.45) is 0 Å². The third-order valence-electron chi connectivity index (χ3n) is 2.63. The van der Waals surface area contributed by atoms with Crippen LogP contribution in [0.4, 0.5) is 0 Å². The largest absolute Gasteiger partial charge is 0.455 e. The highest BCUT2D eigenvalue weighted by molar-refractivity contribution is 9.10. The van der Waals surface area contributed by atoms with Gasteiger partial charge in [0.2, 0.25) is 0 Å². The van der Waals surface area contributed by atoms with Crippen molar-refractivity contribution in [3.8, 4) is 11.5 Å². The Kier molecular flexibility index (Phi) is 5.37. The molecule has 0 aliphatic carbocycles. The SMILES string of the molecule is C[C@@H](O)c1ccc(Oc2cc(Cl)c(Br)cc2Cl)c(Br)c1. The second kappa shape index (κ2) is 6.67. The summed E-state index contributed by atoms with van der Waals surface area (Å²) < 4.78 is 7.18. The maximum absolute atomic E-state index is 9.53. The summed E-state index contributed by atoms with van der Waals surface area (Å²) >= 11 is 18.9. The van der Waals surface area contributed by atoms with E-state index in [4.69, 9.17) is 27.9 Å². The lowest BCUT2D eigenvalue weighted by atomic mass is 10.1. The van der Waals surface area contributed by atoms with Gasteiger partial charge in [0, 0.05) is 10.5 Å². The molecule has 0 spiro atoms. The fourth-order valence-electron chi connectivity index (χ4n) is 1.56. The minimum atomic E-state index is -0.536. The smallest absolute Gasteiger partial charge is 0.147 e. The number of halogens is 4. The second-order valence-corrected chi connectivity index (χ2v) is 6.69. The molecule has 20 heavy (non-hydrogen) atoms. The van der Waals surface area contributed by atoms with Gasteiger partial charge in [-0.2, -0.15) is 0 Å². The zero-order chi connectivity index (χ0) is 14.9. The topological polar surface area (TPSA) is 29.5 Å². The van der Waals surface area contributed by atoms with E-state index >= 15 is 0 Å². The molecule has 0 saturated heterocycles. The predicted octanol–water partition coefficient (Wildman–Crippen LogP) is 6.36. The summed E-state index contributed by atoms with van der Waals surface area (Å²) in [6.45, 7) is 1.70. The molecule has 6 heteroatoms. The van der Waals surface area contributed by atoms with Crippen molar-refractivity contribution in [2.45, 2.75) is 13.0 Å². The maximum Gasteiger partial charge on any atom is 0.147 e. The van der Waals surface area contributed by atoms with Gasteiger partial charge in [0.05, 0.1) is 20.6 Å². The van der Waals surface area contributed by atoms with Crippen molar-refractivity contribution in [3.63, 3.8) is 0 Å². The van der Waals surface area contributed by atoms with Crippen LogP contribution in [0.2, 0.25) is 10.0 Å². The van der Waals surface area contributed by atoms with Gasteiger partial charge in [0.25, 0.3) is 0 Å². The number of benzene rings is 2. The van der Waals surface area contributed by atoms with Crippen LogP contribution in [-0.4, -0.2) is 5.11 Å². The molecule has 106 valence electrons. The standard InChI is InChI=1S/C14H10Br2Cl2O2/c1-7(19)8-2-3-13(10(16)4-8)20-14-6-11(17)9(15)5-12(14)18/h2-7,19H,1H3/t7-/m1/s1. The first kappa shape index (κ1) is 16.1. The summed E-state index contributed by atoms with van der Waals surface area (Å²) in [6, 6.07) is 8.67. The van der Waals surface area contributed by atoms with Crippen molar-refractivity contribution in [2.75, 3.05) is 0 Å². The molecule has 2 aromatic rings. The van der Waals surface area contributed by atoms with Crippen LogP contribution in [0, 0.1) is 0 Å². The molecular weight excluding hydrogens is 431 g/mol. The van der Waals surface area contributed by atoms with Crippen LogP contribution in [0.3, 0.4) is 0 Å². The highest BCUT2D eigenvalue weighted by atomic mass is 79.9. The fraction of sp³-hybridized carbons (Fsp3) is 0.143. The molecule has 2 rings (SSSR count). The Labute approximate surface area is 143 Å². The summed E-state index contributed by atoms with van der Waals surface area (Å²) in [5.74, 6) is 1.06. The first-order chi connectivity index (χ1) is 9.38. The van der Waals surface area contributed by atoms with Gasteiger partial charge < -0.3 is 9.84 Å². The van der Waals surface area contributed by atoms with E-state index in [1.165, 1.54) is 0 Å². The number of rotatable bonds is 3. The van der Waals surface area contributed by atoms with Gasteiger partial charge in [-0.15, -0.1) is 0 Å². The van der Waals surface area contributed by atoms with Crippen molar-refractivity contribution >= 4 is 55.1 Å². The average molecular weight is 441 g/mol. The Morgan fingerprint density at radius 1 is 1.00 bits per heavy atom. The van der Waals surface area contributed by atoms with E-state index in [1.807, 2.05) is 0 Å². The average Bonchev–Trinajstić information content (AvgIpc) is 2.37. The van der Waals surface area contributed by atoms with Crippen molar-refractivity contribution in [1.82, 2.24) is 0 Å². The third kappa shape index (κ3) is 3.68. The molecule has 0 heterocycles. The Balaban J connectivity index is 2.33. The highest BCUT2D eigenvalue weighted by Gasteiger charge is 2.11. The van der Waals surface area contributed by atoms with Crippen LogP contribution < -0.4 is 4.74 Å². The molecule has 0 fully saturated rings. The monoisotopic (exact) mass is 438 g/mol. The fourth-order valence-corrected chi connectivity index (χ4v) is 2.87. The summed E-state index contributed by atoms with van der Waals surface area (Å²) in [6.07, 6.45) is -0.536. The minimum absolute atomic E-state index is 0.452. The van der Waals surface area contributed by atoms with Crippen LogP contribution in [0.5, 0.6) is 11.5 Å². The van der Waals surface area contributed by atoms with Crippen molar-refractivity contribution < 1.29 is 9.84 Å². The van der Waals surface area contributed by atoms with Crippen molar-refractivity contribution in [3.05, 3.63) is 54.9 Å². The van der Waals surface area contributed by atoms with E-state index in [-0.39, 0.29) is 0 Å². The van der Waals surface area contributed by atoms with Gasteiger partial charge in [-0.3, -0.25) is 0 Å². The van der Waals surface area contributed by atoms with Crippen LogP contribution in [0.15, 0.2) is 39.3 Å². The number of hydrogen-bond acceptors (Lipinski definition) is 2. The molecule has 0 amide bonds. The van der Waals surface area contributed by atoms with Crippen LogP contribution in [0.25, 0.3) is 0 Å². The molecule has 1 atom stereocenters. The van der Waals surface area contributed by atoms with E-state index in [9.17, 15) is 5.11 Å². The molecular formula is C14H10Br2Cl2O2. The lowest BCUT2D eigenvalue weighted by molar-refractivity contribution is 0.199. The second-order valence-electron chi connectivity index (χ2n) is 4.16. The molecule has 0 unspecified atom stereocenters. The Morgan fingerprint density at radius 2 is 1.70 bits per heavy atom. The number of aliphatic hydroxyl groups is 1. The molecule has 1 N–H and O–H groups in total.